The second-order valence-corrected chi connectivity index (χ2v) is 4.40. The molecule has 0 spiro atoms. The molecular formula is C11H9N3OS. The number of anilines is 1. The number of fused-ring (bicyclic) bond motifs is 1. The van der Waals surface area contributed by atoms with Crippen molar-refractivity contribution in [2.75, 3.05) is 11.4 Å². The van der Waals surface area contributed by atoms with Crippen LogP contribution in [0.4, 0.5) is 5.69 Å². The van der Waals surface area contributed by atoms with Gasteiger partial charge in [0.05, 0.1) is 6.20 Å². The molecular weight excluding hydrogens is 222 g/mol. The van der Waals surface area contributed by atoms with Gasteiger partial charge in [0.25, 0.3) is 5.91 Å². The summed E-state index contributed by atoms with van der Waals surface area (Å²) in [5, 5.41) is 3.69. The number of rotatable bonds is 1. The Bertz CT molecular complexity index is 524. The molecule has 1 aliphatic rings. The van der Waals surface area contributed by atoms with Gasteiger partial charge in [-0.1, -0.05) is 22.7 Å². The first-order chi connectivity index (χ1) is 7.86. The van der Waals surface area contributed by atoms with E-state index in [2.05, 4.69) is 15.7 Å². The average molecular weight is 231 g/mol. The quantitative estimate of drug-likeness (QED) is 0.751. The molecule has 16 heavy (non-hydrogen) atoms. The van der Waals surface area contributed by atoms with E-state index in [4.69, 9.17) is 0 Å². The van der Waals surface area contributed by atoms with Crippen molar-refractivity contribution in [3.63, 3.8) is 0 Å². The molecule has 5 heteroatoms. The highest BCUT2D eigenvalue weighted by atomic mass is 32.1. The van der Waals surface area contributed by atoms with Gasteiger partial charge in [0.2, 0.25) is 0 Å². The SMILES string of the molecule is O=C(c1cnns1)N1CCc2ccccc21. The summed E-state index contributed by atoms with van der Waals surface area (Å²) >= 11 is 1.14. The summed E-state index contributed by atoms with van der Waals surface area (Å²) in [4.78, 5) is 14.5. The second-order valence-electron chi connectivity index (χ2n) is 3.62. The number of aromatic nitrogens is 2. The van der Waals surface area contributed by atoms with Gasteiger partial charge in [-0.3, -0.25) is 4.79 Å². The molecule has 1 aliphatic heterocycles. The Hall–Kier alpha value is -1.75. The Morgan fingerprint density at radius 2 is 2.25 bits per heavy atom. The fourth-order valence-corrected chi connectivity index (χ4v) is 2.41. The van der Waals surface area contributed by atoms with E-state index in [0.717, 1.165) is 30.2 Å². The highest BCUT2D eigenvalue weighted by molar-refractivity contribution is 7.07. The molecule has 4 nitrogen and oxygen atoms in total. The van der Waals surface area contributed by atoms with Gasteiger partial charge in [0.15, 0.2) is 0 Å². The Morgan fingerprint density at radius 3 is 3.06 bits per heavy atom. The minimum absolute atomic E-state index is 0.0000463. The van der Waals surface area contributed by atoms with Crippen molar-refractivity contribution >= 4 is 23.1 Å². The van der Waals surface area contributed by atoms with E-state index in [0.29, 0.717) is 4.88 Å². The zero-order chi connectivity index (χ0) is 11.0. The predicted octanol–water partition coefficient (Wildman–Crippen LogP) is 1.74. The molecule has 0 atom stereocenters. The van der Waals surface area contributed by atoms with E-state index < -0.39 is 0 Å². The van der Waals surface area contributed by atoms with E-state index in [-0.39, 0.29) is 5.91 Å². The zero-order valence-corrected chi connectivity index (χ0v) is 9.28. The molecule has 80 valence electrons. The van der Waals surface area contributed by atoms with Crippen molar-refractivity contribution in [2.24, 2.45) is 0 Å². The van der Waals surface area contributed by atoms with E-state index in [1.54, 1.807) is 4.90 Å². The van der Waals surface area contributed by atoms with Gasteiger partial charge in [0, 0.05) is 12.2 Å². The van der Waals surface area contributed by atoms with Crippen LogP contribution in [0, 0.1) is 0 Å². The molecule has 0 saturated carbocycles. The van der Waals surface area contributed by atoms with E-state index >= 15 is 0 Å². The number of carbonyl (C=O) groups excluding carboxylic acids is 1. The number of para-hydroxylation sites is 1. The molecule has 1 aromatic carbocycles. The van der Waals surface area contributed by atoms with Crippen LogP contribution in [0.15, 0.2) is 30.5 Å². The van der Waals surface area contributed by atoms with Gasteiger partial charge in [-0.25, -0.2) is 0 Å². The van der Waals surface area contributed by atoms with Crippen LogP contribution in [0.5, 0.6) is 0 Å². The largest absolute Gasteiger partial charge is 0.307 e. The summed E-state index contributed by atoms with van der Waals surface area (Å²) in [6, 6.07) is 8.00. The number of hydrogen-bond donors (Lipinski definition) is 0. The van der Waals surface area contributed by atoms with Gasteiger partial charge in [-0.05, 0) is 29.6 Å². The lowest BCUT2D eigenvalue weighted by Crippen LogP contribution is -2.28. The first kappa shape index (κ1) is 9.47. The molecule has 0 unspecified atom stereocenters. The average Bonchev–Trinajstić information content (AvgIpc) is 2.98. The van der Waals surface area contributed by atoms with Gasteiger partial charge in [-0.15, -0.1) is 5.10 Å². The van der Waals surface area contributed by atoms with E-state index in [1.807, 2.05) is 18.2 Å². The Kier molecular flexibility index (Phi) is 2.18. The molecule has 2 aromatic rings. The van der Waals surface area contributed by atoms with Crippen molar-refractivity contribution in [3.8, 4) is 0 Å². The predicted molar refractivity (Wildman–Crippen MR) is 61.7 cm³/mol. The summed E-state index contributed by atoms with van der Waals surface area (Å²) in [6.07, 6.45) is 2.45. The maximum atomic E-state index is 12.1. The lowest BCUT2D eigenvalue weighted by Gasteiger charge is -2.15. The van der Waals surface area contributed by atoms with Crippen LogP contribution in [0.2, 0.25) is 0 Å². The van der Waals surface area contributed by atoms with Crippen molar-refractivity contribution in [1.82, 2.24) is 9.59 Å². The molecule has 2 heterocycles. The van der Waals surface area contributed by atoms with Crippen molar-refractivity contribution in [1.29, 1.82) is 0 Å². The summed E-state index contributed by atoms with van der Waals surface area (Å²) in [6.45, 7) is 0.746. The maximum Gasteiger partial charge on any atom is 0.271 e. The third kappa shape index (κ3) is 1.40. The van der Waals surface area contributed by atoms with Gasteiger partial charge >= 0.3 is 0 Å². The number of carbonyl (C=O) groups is 1. The summed E-state index contributed by atoms with van der Waals surface area (Å²) in [5.41, 5.74) is 2.24. The van der Waals surface area contributed by atoms with Gasteiger partial charge in [-0.2, -0.15) is 0 Å². The summed E-state index contributed by atoms with van der Waals surface area (Å²) in [7, 11) is 0. The monoisotopic (exact) mass is 231 g/mol. The van der Waals surface area contributed by atoms with Crippen molar-refractivity contribution in [2.45, 2.75) is 6.42 Å². The Balaban J connectivity index is 1.96. The fraction of sp³-hybridized carbons (Fsp3) is 0.182. The van der Waals surface area contributed by atoms with Crippen LogP contribution < -0.4 is 4.90 Å². The number of hydrogen-bond acceptors (Lipinski definition) is 4. The summed E-state index contributed by atoms with van der Waals surface area (Å²) in [5.74, 6) is -0.0000463. The molecule has 0 radical (unpaired) electrons. The Labute approximate surface area is 96.7 Å². The van der Waals surface area contributed by atoms with Crippen molar-refractivity contribution in [3.05, 3.63) is 40.9 Å². The van der Waals surface area contributed by atoms with Crippen LogP contribution in [0.1, 0.15) is 15.2 Å². The minimum Gasteiger partial charge on any atom is -0.307 e. The molecule has 3 rings (SSSR count). The van der Waals surface area contributed by atoms with Gasteiger partial charge < -0.3 is 4.90 Å². The number of nitrogens with zero attached hydrogens (tertiary/aromatic N) is 3. The standard InChI is InChI=1S/C11H9N3OS/c15-11(10-7-12-13-16-10)14-6-5-8-3-1-2-4-9(8)14/h1-4,7H,5-6H2. The van der Waals surface area contributed by atoms with Crippen LogP contribution in [-0.2, 0) is 6.42 Å². The van der Waals surface area contributed by atoms with E-state index in [9.17, 15) is 4.79 Å². The highest BCUT2D eigenvalue weighted by Crippen LogP contribution is 2.28. The lowest BCUT2D eigenvalue weighted by atomic mass is 10.2. The Morgan fingerprint density at radius 1 is 1.38 bits per heavy atom. The van der Waals surface area contributed by atoms with Crippen LogP contribution in [0.3, 0.4) is 0 Å². The maximum absolute atomic E-state index is 12.1. The lowest BCUT2D eigenvalue weighted by molar-refractivity contribution is 0.0993. The molecule has 0 saturated heterocycles. The molecule has 0 fully saturated rings. The molecule has 1 amide bonds. The second kappa shape index (κ2) is 3.68. The highest BCUT2D eigenvalue weighted by Gasteiger charge is 2.26. The number of amides is 1. The number of benzene rings is 1. The molecule has 1 aromatic heterocycles. The third-order valence-electron chi connectivity index (χ3n) is 2.70. The topological polar surface area (TPSA) is 46.1 Å². The van der Waals surface area contributed by atoms with E-state index in [1.165, 1.54) is 11.8 Å². The zero-order valence-electron chi connectivity index (χ0n) is 8.46. The first-order valence-electron chi connectivity index (χ1n) is 5.03. The van der Waals surface area contributed by atoms with Crippen LogP contribution in [-0.4, -0.2) is 22.0 Å². The smallest absolute Gasteiger partial charge is 0.271 e. The molecule has 0 bridgehead atoms. The minimum atomic E-state index is -0.0000463. The molecule has 0 aliphatic carbocycles. The fourth-order valence-electron chi connectivity index (χ4n) is 1.94. The summed E-state index contributed by atoms with van der Waals surface area (Å²) < 4.78 is 3.71. The van der Waals surface area contributed by atoms with Crippen molar-refractivity contribution < 1.29 is 4.79 Å². The molecule has 0 N–H and O–H groups in total. The van der Waals surface area contributed by atoms with Gasteiger partial charge in [0.1, 0.15) is 4.88 Å². The van der Waals surface area contributed by atoms with Crippen LogP contribution in [0.25, 0.3) is 0 Å². The first-order valence-corrected chi connectivity index (χ1v) is 5.81. The normalized spacial score (nSPS) is 13.9. The third-order valence-corrected chi connectivity index (χ3v) is 3.36. The van der Waals surface area contributed by atoms with Crippen LogP contribution >= 0.6 is 11.5 Å².